The van der Waals surface area contributed by atoms with Crippen molar-refractivity contribution in [3.05, 3.63) is 35.4 Å². The minimum absolute atomic E-state index is 0.00363. The first-order valence-electron chi connectivity index (χ1n) is 8.02. The molecule has 3 atom stereocenters. The molecule has 0 aliphatic heterocycles. The Morgan fingerprint density at radius 3 is 2.50 bits per heavy atom. The van der Waals surface area contributed by atoms with Crippen LogP contribution in [0.1, 0.15) is 70.1 Å². The van der Waals surface area contributed by atoms with Crippen molar-refractivity contribution in [3.8, 4) is 0 Å². The Hall–Kier alpha value is -0.860. The van der Waals surface area contributed by atoms with E-state index in [1.54, 1.807) is 0 Å². The molecule has 0 fully saturated rings. The molecule has 1 rings (SSSR count). The van der Waals surface area contributed by atoms with Gasteiger partial charge in [-0.3, -0.25) is 0 Å². The molecule has 0 radical (unpaired) electrons. The SMILES string of the molecule is CCCCCCC(C)OC(c1cccc(C)c1)C(C)N. The van der Waals surface area contributed by atoms with Crippen molar-refractivity contribution in [1.29, 1.82) is 0 Å². The van der Waals surface area contributed by atoms with E-state index in [4.69, 9.17) is 10.5 Å². The highest BCUT2D eigenvalue weighted by Crippen LogP contribution is 2.24. The summed E-state index contributed by atoms with van der Waals surface area (Å²) in [7, 11) is 0. The molecule has 0 bridgehead atoms. The van der Waals surface area contributed by atoms with Crippen molar-refractivity contribution in [2.75, 3.05) is 0 Å². The fourth-order valence-corrected chi connectivity index (χ4v) is 2.53. The molecule has 0 spiro atoms. The minimum atomic E-state index is -0.00363. The van der Waals surface area contributed by atoms with E-state index in [1.165, 1.54) is 36.8 Å². The van der Waals surface area contributed by atoms with Gasteiger partial charge in [0, 0.05) is 6.04 Å². The van der Waals surface area contributed by atoms with Crippen LogP contribution in [0.5, 0.6) is 0 Å². The zero-order chi connectivity index (χ0) is 15.0. The summed E-state index contributed by atoms with van der Waals surface area (Å²) in [6, 6.07) is 8.49. The summed E-state index contributed by atoms with van der Waals surface area (Å²) in [5.41, 5.74) is 8.57. The van der Waals surface area contributed by atoms with E-state index in [9.17, 15) is 0 Å². The molecule has 3 unspecified atom stereocenters. The zero-order valence-corrected chi connectivity index (χ0v) is 13.6. The van der Waals surface area contributed by atoms with E-state index in [2.05, 4.69) is 45.0 Å². The second-order valence-electron chi connectivity index (χ2n) is 5.99. The van der Waals surface area contributed by atoms with E-state index < -0.39 is 0 Å². The van der Waals surface area contributed by atoms with Gasteiger partial charge in [-0.1, -0.05) is 62.4 Å². The van der Waals surface area contributed by atoms with Crippen molar-refractivity contribution >= 4 is 0 Å². The van der Waals surface area contributed by atoms with Gasteiger partial charge in [0.05, 0.1) is 12.2 Å². The molecule has 2 nitrogen and oxygen atoms in total. The van der Waals surface area contributed by atoms with Crippen LogP contribution >= 0.6 is 0 Å². The third kappa shape index (κ3) is 6.06. The highest BCUT2D eigenvalue weighted by atomic mass is 16.5. The molecule has 0 saturated heterocycles. The molecule has 0 saturated carbocycles. The zero-order valence-electron chi connectivity index (χ0n) is 13.6. The van der Waals surface area contributed by atoms with Crippen LogP contribution < -0.4 is 5.73 Å². The van der Waals surface area contributed by atoms with Gasteiger partial charge in [0.1, 0.15) is 0 Å². The normalized spacial score (nSPS) is 15.8. The van der Waals surface area contributed by atoms with Gasteiger partial charge in [0.15, 0.2) is 0 Å². The Bertz CT molecular complexity index is 375. The van der Waals surface area contributed by atoms with Crippen LogP contribution in [0, 0.1) is 6.92 Å². The van der Waals surface area contributed by atoms with Gasteiger partial charge >= 0.3 is 0 Å². The Labute approximate surface area is 124 Å². The lowest BCUT2D eigenvalue weighted by Gasteiger charge is -2.26. The Morgan fingerprint density at radius 2 is 1.90 bits per heavy atom. The van der Waals surface area contributed by atoms with Gasteiger partial charge in [-0.2, -0.15) is 0 Å². The average Bonchev–Trinajstić information content (AvgIpc) is 2.40. The van der Waals surface area contributed by atoms with Gasteiger partial charge in [0.25, 0.3) is 0 Å². The molecular formula is C18H31NO. The summed E-state index contributed by atoms with van der Waals surface area (Å²) in [6.45, 7) is 8.54. The van der Waals surface area contributed by atoms with E-state index in [1.807, 2.05) is 6.92 Å². The molecule has 20 heavy (non-hydrogen) atoms. The van der Waals surface area contributed by atoms with E-state index in [0.717, 1.165) is 6.42 Å². The summed E-state index contributed by atoms with van der Waals surface area (Å²) >= 11 is 0. The monoisotopic (exact) mass is 277 g/mol. The summed E-state index contributed by atoms with van der Waals surface area (Å²) in [5.74, 6) is 0. The van der Waals surface area contributed by atoms with Crippen LogP contribution in [0.3, 0.4) is 0 Å². The predicted octanol–water partition coefficient (Wildman–Crippen LogP) is 4.76. The Kier molecular flexibility index (Phi) is 7.86. The van der Waals surface area contributed by atoms with E-state index in [0.29, 0.717) is 0 Å². The third-order valence-electron chi connectivity index (χ3n) is 3.69. The first-order valence-corrected chi connectivity index (χ1v) is 8.02. The number of unbranched alkanes of at least 4 members (excludes halogenated alkanes) is 3. The third-order valence-corrected chi connectivity index (χ3v) is 3.69. The standard InChI is InChI=1S/C18H31NO/c1-5-6-7-8-11-15(3)20-18(16(4)19)17-12-9-10-14(2)13-17/h9-10,12-13,15-16,18H,5-8,11,19H2,1-4H3. The molecule has 1 aromatic carbocycles. The van der Waals surface area contributed by atoms with Crippen LogP contribution in [-0.4, -0.2) is 12.1 Å². The molecule has 0 aliphatic rings. The number of ether oxygens (including phenoxy) is 1. The number of benzene rings is 1. The molecule has 114 valence electrons. The van der Waals surface area contributed by atoms with Gasteiger partial charge in [0.2, 0.25) is 0 Å². The van der Waals surface area contributed by atoms with Crippen LogP contribution in [0.2, 0.25) is 0 Å². The number of hydrogen-bond acceptors (Lipinski definition) is 2. The molecule has 2 heteroatoms. The van der Waals surface area contributed by atoms with Crippen LogP contribution in [0.15, 0.2) is 24.3 Å². The van der Waals surface area contributed by atoms with Crippen molar-refractivity contribution in [3.63, 3.8) is 0 Å². The van der Waals surface area contributed by atoms with Crippen LogP contribution in [-0.2, 0) is 4.74 Å². The van der Waals surface area contributed by atoms with E-state index >= 15 is 0 Å². The Balaban J connectivity index is 2.55. The van der Waals surface area contributed by atoms with Crippen LogP contribution in [0.4, 0.5) is 0 Å². The highest BCUT2D eigenvalue weighted by Gasteiger charge is 2.19. The molecule has 0 aliphatic carbocycles. The molecule has 1 aromatic rings. The maximum Gasteiger partial charge on any atom is 0.0976 e. The maximum absolute atomic E-state index is 6.21. The first-order chi connectivity index (χ1) is 9.54. The summed E-state index contributed by atoms with van der Waals surface area (Å²) in [6.07, 6.45) is 6.53. The lowest BCUT2D eigenvalue weighted by Crippen LogP contribution is -2.29. The lowest BCUT2D eigenvalue weighted by atomic mass is 10.0. The van der Waals surface area contributed by atoms with Crippen LogP contribution in [0.25, 0.3) is 0 Å². The molecule has 0 heterocycles. The molecule has 0 aromatic heterocycles. The highest BCUT2D eigenvalue weighted by molar-refractivity contribution is 5.25. The van der Waals surface area contributed by atoms with Crippen molar-refractivity contribution in [2.24, 2.45) is 5.73 Å². The number of rotatable bonds is 9. The topological polar surface area (TPSA) is 35.2 Å². The second-order valence-corrected chi connectivity index (χ2v) is 5.99. The minimum Gasteiger partial charge on any atom is -0.369 e. The Morgan fingerprint density at radius 1 is 1.15 bits per heavy atom. The second kappa shape index (κ2) is 9.15. The fraction of sp³-hybridized carbons (Fsp3) is 0.667. The molecule has 0 amide bonds. The van der Waals surface area contributed by atoms with Gasteiger partial charge < -0.3 is 10.5 Å². The maximum atomic E-state index is 6.21. The quantitative estimate of drug-likeness (QED) is 0.661. The summed E-state index contributed by atoms with van der Waals surface area (Å²) < 4.78 is 6.21. The number of hydrogen-bond donors (Lipinski definition) is 1. The lowest BCUT2D eigenvalue weighted by molar-refractivity contribution is -0.0195. The summed E-state index contributed by atoms with van der Waals surface area (Å²) in [4.78, 5) is 0. The summed E-state index contributed by atoms with van der Waals surface area (Å²) in [5, 5.41) is 0. The first kappa shape index (κ1) is 17.2. The average molecular weight is 277 g/mol. The van der Waals surface area contributed by atoms with Crippen molar-refractivity contribution in [1.82, 2.24) is 0 Å². The fourth-order valence-electron chi connectivity index (χ4n) is 2.53. The number of nitrogens with two attached hydrogens (primary N) is 1. The molecular weight excluding hydrogens is 246 g/mol. The van der Waals surface area contributed by atoms with Gasteiger partial charge in [-0.25, -0.2) is 0 Å². The molecule has 2 N–H and O–H groups in total. The largest absolute Gasteiger partial charge is 0.369 e. The van der Waals surface area contributed by atoms with Gasteiger partial charge in [-0.05, 0) is 32.8 Å². The number of aryl methyl sites for hydroxylation is 1. The predicted molar refractivity (Wildman–Crippen MR) is 86.9 cm³/mol. The van der Waals surface area contributed by atoms with Crippen molar-refractivity contribution < 1.29 is 4.74 Å². The van der Waals surface area contributed by atoms with Crippen molar-refractivity contribution in [2.45, 2.75) is 78.0 Å². The smallest absolute Gasteiger partial charge is 0.0976 e. The van der Waals surface area contributed by atoms with E-state index in [-0.39, 0.29) is 18.2 Å². The van der Waals surface area contributed by atoms with Gasteiger partial charge in [-0.15, -0.1) is 0 Å².